The van der Waals surface area contributed by atoms with Gasteiger partial charge in [-0.05, 0) is 17.4 Å². The lowest BCUT2D eigenvalue weighted by atomic mass is 9.98. The number of hydrogen-bond acceptors (Lipinski definition) is 7. The van der Waals surface area contributed by atoms with E-state index in [1.165, 1.54) is 24.3 Å². The fourth-order valence-electron chi connectivity index (χ4n) is 2.17. The largest absolute Gasteiger partial charge is 0.362 e. The summed E-state index contributed by atoms with van der Waals surface area (Å²) < 4.78 is 65.8. The highest BCUT2D eigenvalue weighted by molar-refractivity contribution is 7.94. The van der Waals surface area contributed by atoms with Gasteiger partial charge >= 0.3 is 5.08 Å². The van der Waals surface area contributed by atoms with Crippen LogP contribution in [0.25, 0.3) is 10.6 Å². The van der Waals surface area contributed by atoms with Gasteiger partial charge in [0, 0.05) is 5.57 Å². The number of hydrogen-bond donors (Lipinski definition) is 2. The Hall–Kier alpha value is -3.12. The zero-order chi connectivity index (χ0) is 19.5. The maximum absolute atomic E-state index is 11.8. The van der Waals surface area contributed by atoms with Crippen LogP contribution in [0.1, 0.15) is 0 Å². The smallest absolute Gasteiger partial charge is 0.339 e. The normalized spacial score (nSPS) is 19.1. The van der Waals surface area contributed by atoms with Gasteiger partial charge in [-0.3, -0.25) is 14.3 Å². The third-order valence-electron chi connectivity index (χ3n) is 3.10. The van der Waals surface area contributed by atoms with Gasteiger partial charge in [0.25, 0.3) is 25.6 Å². The summed E-state index contributed by atoms with van der Waals surface area (Å²) in [6, 6.07) is 0. The highest BCUT2D eigenvalue weighted by Crippen LogP contribution is 2.33. The van der Waals surface area contributed by atoms with E-state index in [0.29, 0.717) is 0 Å². The first-order chi connectivity index (χ1) is 12.1. The molecular formula is C12H8N6O6S2. The lowest BCUT2D eigenvalue weighted by molar-refractivity contribution is 0.485. The summed E-state index contributed by atoms with van der Waals surface area (Å²) in [4.78, 5) is -2.41. The topological polar surface area (TPSA) is 196 Å². The number of diazo groups is 1. The maximum Gasteiger partial charge on any atom is 0.339 e. The molecule has 0 bridgehead atoms. The summed E-state index contributed by atoms with van der Waals surface area (Å²) in [6.45, 7) is 0. The van der Waals surface area contributed by atoms with Crippen molar-refractivity contribution in [1.29, 1.82) is 5.39 Å². The first kappa shape index (κ1) is 19.2. The van der Waals surface area contributed by atoms with E-state index in [4.69, 9.17) is 10.9 Å². The van der Waals surface area contributed by atoms with Crippen LogP contribution in [0.5, 0.6) is 0 Å². The van der Waals surface area contributed by atoms with Crippen molar-refractivity contribution < 1.29 is 25.9 Å². The van der Waals surface area contributed by atoms with Gasteiger partial charge in [-0.15, -0.1) is 0 Å². The average Bonchev–Trinajstić information content (AvgIpc) is 2.54. The molecule has 0 aromatic carbocycles. The predicted molar refractivity (Wildman–Crippen MR) is 90.3 cm³/mol. The van der Waals surface area contributed by atoms with Crippen molar-refractivity contribution >= 4 is 31.7 Å². The van der Waals surface area contributed by atoms with E-state index in [2.05, 4.69) is 20.5 Å². The zero-order valence-electron chi connectivity index (χ0n) is 12.5. The highest BCUT2D eigenvalue weighted by atomic mass is 32.2. The van der Waals surface area contributed by atoms with Crippen LogP contribution >= 0.6 is 0 Å². The van der Waals surface area contributed by atoms with Gasteiger partial charge in [0.2, 0.25) is 0 Å². The van der Waals surface area contributed by atoms with Crippen LogP contribution in [0.3, 0.4) is 0 Å². The van der Waals surface area contributed by atoms with E-state index in [9.17, 15) is 25.9 Å². The van der Waals surface area contributed by atoms with Crippen molar-refractivity contribution in [3.8, 4) is 0 Å². The van der Waals surface area contributed by atoms with E-state index in [1.54, 1.807) is 0 Å². The lowest BCUT2D eigenvalue weighted by Crippen LogP contribution is -2.22. The van der Waals surface area contributed by atoms with Crippen LogP contribution < -0.4 is 0 Å². The molecule has 0 fully saturated rings. The van der Waals surface area contributed by atoms with Gasteiger partial charge in [-0.1, -0.05) is 30.4 Å². The van der Waals surface area contributed by atoms with E-state index >= 15 is 0 Å². The van der Waals surface area contributed by atoms with E-state index in [0.717, 1.165) is 12.2 Å². The Morgan fingerprint density at radius 3 is 1.96 bits per heavy atom. The minimum absolute atomic E-state index is 0.118. The molecule has 0 aliphatic heterocycles. The number of nitrogens with zero attached hydrogens (tertiary/aromatic N) is 6. The zero-order valence-corrected chi connectivity index (χ0v) is 14.1. The SMILES string of the molecule is N#[N+]N=C1C=CC(=C2C=CC(=NN=[N-])C=C2)C(S(=O)(=O)O)=C1S(=O)(=O)O. The minimum Gasteiger partial charge on any atom is -0.362 e. The molecule has 134 valence electrons. The molecule has 14 heteroatoms. The van der Waals surface area contributed by atoms with Crippen LogP contribution in [0, 0.1) is 5.39 Å². The average molecular weight is 396 g/mol. The summed E-state index contributed by atoms with van der Waals surface area (Å²) in [7, 11) is -10.3. The molecule has 26 heavy (non-hydrogen) atoms. The minimum atomic E-state index is -5.19. The molecule has 0 atom stereocenters. The molecule has 0 amide bonds. The molecule has 0 aromatic heterocycles. The van der Waals surface area contributed by atoms with Crippen LogP contribution in [0.4, 0.5) is 0 Å². The van der Waals surface area contributed by atoms with Crippen LogP contribution in [-0.2, 0) is 20.2 Å². The molecule has 2 rings (SSSR count). The van der Waals surface area contributed by atoms with Crippen molar-refractivity contribution in [3.05, 3.63) is 68.0 Å². The molecule has 0 saturated heterocycles. The summed E-state index contributed by atoms with van der Waals surface area (Å²) in [5.41, 5.74) is 7.69. The van der Waals surface area contributed by atoms with Gasteiger partial charge in [-0.25, -0.2) is 0 Å². The third kappa shape index (κ3) is 3.92. The maximum atomic E-state index is 11.8. The Morgan fingerprint density at radius 2 is 1.50 bits per heavy atom. The molecular weight excluding hydrogens is 388 g/mol. The number of rotatable bonds is 3. The van der Waals surface area contributed by atoms with Crippen molar-refractivity contribution in [2.24, 2.45) is 15.4 Å². The predicted octanol–water partition coefficient (Wildman–Crippen LogP) is 1.55. The molecule has 0 radical (unpaired) electrons. The quantitative estimate of drug-likeness (QED) is 0.312. The summed E-state index contributed by atoms with van der Waals surface area (Å²) in [5.74, 6) is 0. The Balaban J connectivity index is 2.88. The first-order valence-corrected chi connectivity index (χ1v) is 9.30. The molecule has 0 aromatic rings. The lowest BCUT2D eigenvalue weighted by Gasteiger charge is -2.17. The molecule has 0 spiro atoms. The van der Waals surface area contributed by atoms with E-state index < -0.39 is 35.8 Å². The van der Waals surface area contributed by atoms with Crippen LogP contribution in [0.2, 0.25) is 0 Å². The van der Waals surface area contributed by atoms with Crippen molar-refractivity contribution in [1.82, 2.24) is 0 Å². The van der Waals surface area contributed by atoms with Gasteiger partial charge < -0.3 is 10.6 Å². The summed E-state index contributed by atoms with van der Waals surface area (Å²) >= 11 is 0. The molecule has 0 unspecified atom stereocenters. The number of allylic oxidation sites excluding steroid dienone is 9. The van der Waals surface area contributed by atoms with Crippen molar-refractivity contribution in [3.63, 3.8) is 0 Å². The fraction of sp³-hybridized carbons (Fsp3) is 0. The Bertz CT molecular complexity index is 1120. The molecule has 2 aliphatic carbocycles. The third-order valence-corrected chi connectivity index (χ3v) is 5.10. The van der Waals surface area contributed by atoms with E-state index in [-0.39, 0.29) is 16.9 Å². The Kier molecular flexibility index (Phi) is 5.18. The Labute approximate surface area is 146 Å². The molecule has 2 N–H and O–H groups in total. The van der Waals surface area contributed by atoms with Gasteiger partial charge in [0.05, 0.1) is 0 Å². The van der Waals surface area contributed by atoms with Crippen molar-refractivity contribution in [2.75, 3.05) is 0 Å². The van der Waals surface area contributed by atoms with Gasteiger partial charge in [0.15, 0.2) is 10.8 Å². The molecule has 2 aliphatic rings. The summed E-state index contributed by atoms with van der Waals surface area (Å²) in [6.07, 6.45) is 7.29. The molecule has 12 nitrogen and oxygen atoms in total. The molecule has 0 saturated carbocycles. The van der Waals surface area contributed by atoms with Crippen LogP contribution in [-0.4, -0.2) is 37.4 Å². The Morgan fingerprint density at radius 1 is 0.923 bits per heavy atom. The second-order valence-electron chi connectivity index (χ2n) is 4.67. The second kappa shape index (κ2) is 7.01. The fourth-order valence-corrected chi connectivity index (χ4v) is 4.32. The highest BCUT2D eigenvalue weighted by Gasteiger charge is 2.37. The second-order valence-corrected chi connectivity index (χ2v) is 7.38. The first-order valence-electron chi connectivity index (χ1n) is 6.42. The van der Waals surface area contributed by atoms with E-state index in [1.807, 2.05) is 0 Å². The standard InChI is InChI=1S/C12H8N6O6S2/c13-17-15-8-3-1-7(2-4-8)9-5-6-10(16-18-14)12(26(22,23)24)11(9)25(19,20)21/h1-6H,(H,19,20,21)(H,22,23,24). The summed E-state index contributed by atoms with van der Waals surface area (Å²) in [5, 5.41) is 19.8. The monoisotopic (exact) mass is 396 g/mol. The van der Waals surface area contributed by atoms with Gasteiger partial charge in [-0.2, -0.15) is 16.8 Å². The van der Waals surface area contributed by atoms with Crippen molar-refractivity contribution in [2.45, 2.75) is 0 Å². The van der Waals surface area contributed by atoms with Crippen LogP contribution in [0.15, 0.2) is 72.8 Å². The van der Waals surface area contributed by atoms with Gasteiger partial charge in [0.1, 0.15) is 9.81 Å². The molecule has 0 heterocycles.